The predicted molar refractivity (Wildman–Crippen MR) is 128 cm³/mol. The molecule has 1 nitrogen and oxygen atoms in total. The molecule has 0 radical (unpaired) electrons. The van der Waals surface area contributed by atoms with Crippen molar-refractivity contribution in [3.8, 4) is 11.1 Å². The number of aromatic amines is 1. The van der Waals surface area contributed by atoms with Gasteiger partial charge in [0.05, 0.1) is 5.52 Å². The smallest absolute Gasteiger partial charge is 0.0551 e. The number of fused-ring (bicyclic) bond motifs is 12. The summed E-state index contributed by atoms with van der Waals surface area (Å²) in [6.07, 6.45) is 6.87. The van der Waals surface area contributed by atoms with Crippen LogP contribution >= 0.6 is 0 Å². The summed E-state index contributed by atoms with van der Waals surface area (Å²) >= 11 is 0. The average Bonchev–Trinajstić information content (AvgIpc) is 3.27. The fraction of sp³-hybridized carbons (Fsp3) is 0.172. The third-order valence-electron chi connectivity index (χ3n) is 7.38. The number of aryl methyl sites for hydroxylation is 1. The van der Waals surface area contributed by atoms with Crippen molar-refractivity contribution in [2.45, 2.75) is 32.1 Å². The number of rotatable bonds is 0. The zero-order valence-corrected chi connectivity index (χ0v) is 17.3. The van der Waals surface area contributed by atoms with E-state index in [1.54, 1.807) is 0 Å². The summed E-state index contributed by atoms with van der Waals surface area (Å²) in [5.74, 6) is 0. The molecule has 5 aromatic rings. The second-order valence-corrected chi connectivity index (χ2v) is 9.34. The molecule has 0 saturated carbocycles. The highest BCUT2D eigenvalue weighted by atomic mass is 14.7. The van der Waals surface area contributed by atoms with Crippen molar-refractivity contribution in [2.75, 3.05) is 0 Å². The monoisotopic (exact) mass is 385 g/mol. The molecule has 1 N–H and O–H groups in total. The van der Waals surface area contributed by atoms with E-state index in [2.05, 4.69) is 91.6 Å². The average molecular weight is 386 g/mol. The molecule has 0 spiro atoms. The Bertz CT molecular complexity index is 1560. The van der Waals surface area contributed by atoms with E-state index in [0.717, 1.165) is 12.8 Å². The van der Waals surface area contributed by atoms with Gasteiger partial charge in [0.2, 0.25) is 0 Å². The van der Waals surface area contributed by atoms with Gasteiger partial charge in [-0.3, -0.25) is 0 Å². The minimum absolute atomic E-state index is 0.0548. The normalized spacial score (nSPS) is 16.2. The molecule has 144 valence electrons. The highest BCUT2D eigenvalue weighted by molar-refractivity contribution is 6.21. The lowest BCUT2D eigenvalue weighted by Crippen LogP contribution is -2.16. The molecule has 0 bridgehead atoms. The third kappa shape index (κ3) is 1.84. The highest BCUT2D eigenvalue weighted by Crippen LogP contribution is 2.56. The maximum atomic E-state index is 3.88. The van der Waals surface area contributed by atoms with Gasteiger partial charge in [-0.15, -0.1) is 0 Å². The van der Waals surface area contributed by atoms with E-state index in [9.17, 15) is 0 Å². The zero-order chi connectivity index (χ0) is 20.0. The third-order valence-corrected chi connectivity index (χ3v) is 7.38. The first-order valence-electron chi connectivity index (χ1n) is 10.9. The minimum atomic E-state index is -0.0548. The lowest BCUT2D eigenvalue weighted by Gasteiger charge is -2.25. The zero-order valence-electron chi connectivity index (χ0n) is 17.3. The van der Waals surface area contributed by atoms with E-state index in [1.807, 2.05) is 0 Å². The molecule has 30 heavy (non-hydrogen) atoms. The molecule has 1 aromatic heterocycles. The lowest BCUT2D eigenvalue weighted by molar-refractivity contribution is 0.672. The molecule has 0 atom stereocenters. The molecule has 0 unspecified atom stereocenters. The van der Waals surface area contributed by atoms with Crippen molar-refractivity contribution in [1.82, 2.24) is 4.98 Å². The van der Waals surface area contributed by atoms with E-state index < -0.39 is 0 Å². The summed E-state index contributed by atoms with van der Waals surface area (Å²) in [6, 6.07) is 22.5. The van der Waals surface area contributed by atoms with Crippen molar-refractivity contribution in [3.63, 3.8) is 0 Å². The van der Waals surface area contributed by atoms with Crippen molar-refractivity contribution >= 4 is 38.5 Å². The Balaban J connectivity index is 1.76. The van der Waals surface area contributed by atoms with Gasteiger partial charge in [-0.1, -0.05) is 86.7 Å². The van der Waals surface area contributed by atoms with Crippen molar-refractivity contribution in [1.29, 1.82) is 0 Å². The van der Waals surface area contributed by atoms with E-state index in [0.29, 0.717) is 0 Å². The van der Waals surface area contributed by atoms with E-state index in [4.69, 9.17) is 0 Å². The maximum Gasteiger partial charge on any atom is 0.0551 e. The summed E-state index contributed by atoms with van der Waals surface area (Å²) in [5, 5.41) is 6.87. The van der Waals surface area contributed by atoms with Crippen LogP contribution in [0.1, 0.15) is 42.7 Å². The topological polar surface area (TPSA) is 15.8 Å². The first kappa shape index (κ1) is 16.5. The van der Waals surface area contributed by atoms with Gasteiger partial charge in [0.1, 0.15) is 0 Å². The number of benzene rings is 4. The molecule has 0 saturated heterocycles. The van der Waals surface area contributed by atoms with Crippen LogP contribution < -0.4 is 0 Å². The maximum absolute atomic E-state index is 3.88. The fourth-order valence-electron chi connectivity index (χ4n) is 6.22. The molecule has 2 aliphatic rings. The van der Waals surface area contributed by atoms with Gasteiger partial charge >= 0.3 is 0 Å². The van der Waals surface area contributed by atoms with E-state index in [-0.39, 0.29) is 5.41 Å². The number of nitrogens with one attached hydrogen (secondary N) is 1. The highest BCUT2D eigenvalue weighted by Gasteiger charge is 2.40. The Morgan fingerprint density at radius 3 is 2.43 bits per heavy atom. The minimum Gasteiger partial charge on any atom is -0.357 e. The van der Waals surface area contributed by atoms with Gasteiger partial charge in [-0.25, -0.2) is 0 Å². The molecule has 7 rings (SSSR count). The van der Waals surface area contributed by atoms with Crippen LogP contribution in [0.25, 0.3) is 49.7 Å². The van der Waals surface area contributed by atoms with Crippen LogP contribution in [0.3, 0.4) is 0 Å². The van der Waals surface area contributed by atoms with Gasteiger partial charge < -0.3 is 4.98 Å². The molecule has 0 fully saturated rings. The van der Waals surface area contributed by atoms with Crippen LogP contribution in [0.2, 0.25) is 0 Å². The van der Waals surface area contributed by atoms with Crippen LogP contribution in [-0.2, 0) is 11.8 Å². The number of hydrogen-bond acceptors (Lipinski definition) is 0. The first-order chi connectivity index (χ1) is 14.7. The van der Waals surface area contributed by atoms with Crippen LogP contribution in [0.4, 0.5) is 0 Å². The second-order valence-electron chi connectivity index (χ2n) is 9.34. The molecular formula is C29H23N. The Morgan fingerprint density at radius 2 is 1.57 bits per heavy atom. The Morgan fingerprint density at radius 1 is 0.800 bits per heavy atom. The molecule has 0 aliphatic heterocycles. The number of allylic oxidation sites excluding steroid dienone is 1. The standard InChI is InChI=1S/C29H23N/c1-29(2)26-18-10-4-3-9-17(18)15-16-22(26)25-27(29)20-12-6-5-11-19(20)24-21-13-7-8-14-23(21)30-28(24)25/h3-7,9-13,15-16,30H,8,14H2,1-2H3. The predicted octanol–water partition coefficient (Wildman–Crippen LogP) is 7.74. The van der Waals surface area contributed by atoms with E-state index in [1.165, 1.54) is 66.0 Å². The Hall–Kier alpha value is -3.32. The molecule has 0 amide bonds. The van der Waals surface area contributed by atoms with Gasteiger partial charge in [-0.05, 0) is 51.1 Å². The van der Waals surface area contributed by atoms with Crippen molar-refractivity contribution in [2.24, 2.45) is 0 Å². The van der Waals surface area contributed by atoms with Crippen molar-refractivity contribution in [3.05, 3.63) is 89.1 Å². The van der Waals surface area contributed by atoms with Crippen LogP contribution in [-0.4, -0.2) is 4.98 Å². The summed E-state index contributed by atoms with van der Waals surface area (Å²) in [5.41, 5.74) is 9.80. The second kappa shape index (κ2) is 5.43. The molecule has 4 aromatic carbocycles. The van der Waals surface area contributed by atoms with Gasteiger partial charge in [0.25, 0.3) is 0 Å². The van der Waals surface area contributed by atoms with E-state index >= 15 is 0 Å². The van der Waals surface area contributed by atoms with Crippen molar-refractivity contribution < 1.29 is 0 Å². The first-order valence-corrected chi connectivity index (χ1v) is 10.9. The molecule has 2 aliphatic carbocycles. The van der Waals surface area contributed by atoms with Crippen LogP contribution in [0, 0.1) is 0 Å². The van der Waals surface area contributed by atoms with Crippen LogP contribution in [0.5, 0.6) is 0 Å². The van der Waals surface area contributed by atoms with Gasteiger partial charge in [-0.2, -0.15) is 0 Å². The fourth-order valence-corrected chi connectivity index (χ4v) is 6.22. The van der Waals surface area contributed by atoms with Gasteiger partial charge in [0.15, 0.2) is 0 Å². The number of aromatic nitrogens is 1. The number of hydrogen-bond donors (Lipinski definition) is 1. The SMILES string of the molecule is CC1(C)c2c(ccc3ccccc23)-c2c1c1ccccc1c1c3c([nH]c21)CCC=C3. The van der Waals surface area contributed by atoms with Gasteiger partial charge in [0, 0.05) is 27.6 Å². The summed E-state index contributed by atoms with van der Waals surface area (Å²) in [4.78, 5) is 3.88. The molecular weight excluding hydrogens is 362 g/mol. The summed E-state index contributed by atoms with van der Waals surface area (Å²) in [7, 11) is 0. The van der Waals surface area contributed by atoms with Crippen LogP contribution in [0.15, 0.2) is 66.7 Å². The molecule has 1 heteroatoms. The Kier molecular flexibility index (Phi) is 2.98. The lowest BCUT2D eigenvalue weighted by atomic mass is 9.78. The largest absolute Gasteiger partial charge is 0.357 e. The molecule has 1 heterocycles. The quantitative estimate of drug-likeness (QED) is 0.280. The summed E-state index contributed by atoms with van der Waals surface area (Å²) in [6.45, 7) is 4.82. The Labute approximate surface area is 176 Å². The number of H-pyrrole nitrogens is 1. The summed E-state index contributed by atoms with van der Waals surface area (Å²) < 4.78 is 0.